The van der Waals surface area contributed by atoms with Crippen molar-refractivity contribution in [1.82, 2.24) is 5.32 Å². The van der Waals surface area contributed by atoms with Gasteiger partial charge >= 0.3 is 0 Å². The second-order valence-electron chi connectivity index (χ2n) is 8.01. The number of hydrogen-bond donors (Lipinski definition) is 1. The molecule has 0 bridgehead atoms. The van der Waals surface area contributed by atoms with Crippen LogP contribution in [0.1, 0.15) is 29.7 Å². The van der Waals surface area contributed by atoms with Gasteiger partial charge in [-0.05, 0) is 62.7 Å². The predicted molar refractivity (Wildman–Crippen MR) is 133 cm³/mol. The lowest BCUT2D eigenvalue weighted by molar-refractivity contribution is -0.120. The molecule has 0 aliphatic heterocycles. The van der Waals surface area contributed by atoms with Crippen LogP contribution in [0.5, 0.6) is 11.5 Å². The fraction of sp³-hybridized carbons (Fsp3) is 0.269. The van der Waals surface area contributed by atoms with Crippen LogP contribution in [0.3, 0.4) is 0 Å². The number of aryl methyl sites for hydroxylation is 2. The standard InChI is InChI=1S/C26H30N2O5S/c1-18-11-13-24(19(2)15-18)28(34(30,31)22-9-7-6-8-10-22)17-26(29)27-20(3)23-16-21(32-4)12-14-25(23)33-5/h6-16,20H,17H2,1-5H3,(H,27,29)/t20-/m0/s1. The zero-order valence-corrected chi connectivity index (χ0v) is 20.8. The first kappa shape index (κ1) is 25.1. The Morgan fingerprint density at radius 1 is 0.971 bits per heavy atom. The summed E-state index contributed by atoms with van der Waals surface area (Å²) in [6.07, 6.45) is 0. The van der Waals surface area contributed by atoms with Crippen molar-refractivity contribution in [2.45, 2.75) is 31.7 Å². The molecule has 1 N–H and O–H groups in total. The molecule has 0 aliphatic carbocycles. The van der Waals surface area contributed by atoms with E-state index >= 15 is 0 Å². The van der Waals surface area contributed by atoms with Crippen LogP contribution < -0.4 is 19.1 Å². The van der Waals surface area contributed by atoms with Crippen LogP contribution in [-0.4, -0.2) is 35.1 Å². The van der Waals surface area contributed by atoms with E-state index in [4.69, 9.17) is 9.47 Å². The average molecular weight is 483 g/mol. The second kappa shape index (κ2) is 10.6. The first-order valence-corrected chi connectivity index (χ1v) is 12.3. The first-order valence-electron chi connectivity index (χ1n) is 10.8. The van der Waals surface area contributed by atoms with Crippen molar-refractivity contribution in [3.63, 3.8) is 0 Å². The molecule has 1 atom stereocenters. The predicted octanol–water partition coefficient (Wildman–Crippen LogP) is 4.39. The van der Waals surface area contributed by atoms with Gasteiger partial charge in [-0.1, -0.05) is 35.9 Å². The third-order valence-corrected chi connectivity index (χ3v) is 7.29. The minimum absolute atomic E-state index is 0.116. The molecule has 0 spiro atoms. The van der Waals surface area contributed by atoms with E-state index in [2.05, 4.69) is 5.32 Å². The number of amides is 1. The summed E-state index contributed by atoms with van der Waals surface area (Å²) in [6.45, 7) is 5.19. The number of nitrogens with zero attached hydrogens (tertiary/aromatic N) is 1. The Hall–Kier alpha value is -3.52. The van der Waals surface area contributed by atoms with Gasteiger partial charge in [0.15, 0.2) is 0 Å². The van der Waals surface area contributed by atoms with Crippen LogP contribution in [-0.2, 0) is 14.8 Å². The summed E-state index contributed by atoms with van der Waals surface area (Å²) >= 11 is 0. The van der Waals surface area contributed by atoms with E-state index in [1.165, 1.54) is 12.1 Å². The van der Waals surface area contributed by atoms with E-state index < -0.39 is 22.0 Å². The topological polar surface area (TPSA) is 84.9 Å². The summed E-state index contributed by atoms with van der Waals surface area (Å²) < 4.78 is 39.0. The number of hydrogen-bond acceptors (Lipinski definition) is 5. The molecule has 3 aromatic rings. The van der Waals surface area contributed by atoms with Gasteiger partial charge in [-0.2, -0.15) is 0 Å². The largest absolute Gasteiger partial charge is 0.497 e. The molecule has 0 unspecified atom stereocenters. The lowest BCUT2D eigenvalue weighted by Crippen LogP contribution is -2.42. The Labute approximate surface area is 201 Å². The first-order chi connectivity index (χ1) is 16.2. The van der Waals surface area contributed by atoms with Gasteiger partial charge in [-0.3, -0.25) is 9.10 Å². The summed E-state index contributed by atoms with van der Waals surface area (Å²) in [4.78, 5) is 13.2. The smallest absolute Gasteiger partial charge is 0.264 e. The molecule has 0 saturated carbocycles. The molecule has 3 aromatic carbocycles. The molecular formula is C26H30N2O5S. The fourth-order valence-corrected chi connectivity index (χ4v) is 5.28. The fourth-order valence-electron chi connectivity index (χ4n) is 3.78. The molecule has 0 fully saturated rings. The minimum atomic E-state index is -3.98. The minimum Gasteiger partial charge on any atom is -0.497 e. The van der Waals surface area contributed by atoms with Crippen LogP contribution in [0.2, 0.25) is 0 Å². The molecule has 0 aliphatic rings. The van der Waals surface area contributed by atoms with Crippen molar-refractivity contribution in [3.05, 3.63) is 83.4 Å². The normalized spacial score (nSPS) is 12.0. The van der Waals surface area contributed by atoms with Gasteiger partial charge in [0.05, 0.1) is 30.8 Å². The van der Waals surface area contributed by atoms with Crippen molar-refractivity contribution < 1.29 is 22.7 Å². The van der Waals surface area contributed by atoms with Crippen molar-refractivity contribution in [3.8, 4) is 11.5 Å². The second-order valence-corrected chi connectivity index (χ2v) is 9.87. The highest BCUT2D eigenvalue weighted by Crippen LogP contribution is 2.30. The quantitative estimate of drug-likeness (QED) is 0.489. The molecule has 3 rings (SSSR count). The van der Waals surface area contributed by atoms with Gasteiger partial charge in [-0.15, -0.1) is 0 Å². The van der Waals surface area contributed by atoms with Crippen molar-refractivity contribution in [2.24, 2.45) is 0 Å². The maximum Gasteiger partial charge on any atom is 0.264 e. The summed E-state index contributed by atoms with van der Waals surface area (Å²) in [7, 11) is -0.870. The van der Waals surface area contributed by atoms with Crippen LogP contribution in [0.25, 0.3) is 0 Å². The lowest BCUT2D eigenvalue weighted by atomic mass is 10.1. The Morgan fingerprint density at radius 3 is 2.29 bits per heavy atom. The molecule has 34 heavy (non-hydrogen) atoms. The SMILES string of the molecule is COc1ccc(OC)c([C@H](C)NC(=O)CN(c2ccc(C)cc2C)S(=O)(=O)c2ccccc2)c1. The number of rotatable bonds is 9. The van der Waals surface area contributed by atoms with E-state index in [-0.39, 0.29) is 11.4 Å². The van der Waals surface area contributed by atoms with Crippen LogP contribution >= 0.6 is 0 Å². The molecule has 180 valence electrons. The van der Waals surface area contributed by atoms with Gasteiger partial charge < -0.3 is 14.8 Å². The van der Waals surface area contributed by atoms with E-state index in [1.807, 2.05) is 32.9 Å². The Bertz CT molecular complexity index is 1260. The Balaban J connectivity index is 1.93. The summed E-state index contributed by atoms with van der Waals surface area (Å²) in [5, 5.41) is 2.90. The van der Waals surface area contributed by atoms with Gasteiger partial charge in [0.1, 0.15) is 18.0 Å². The average Bonchev–Trinajstić information content (AvgIpc) is 2.83. The molecule has 0 radical (unpaired) electrons. The van der Waals surface area contributed by atoms with E-state index in [9.17, 15) is 13.2 Å². The van der Waals surface area contributed by atoms with Crippen molar-refractivity contribution >= 4 is 21.6 Å². The van der Waals surface area contributed by atoms with E-state index in [1.54, 1.807) is 56.7 Å². The number of ether oxygens (including phenoxy) is 2. The van der Waals surface area contributed by atoms with Gasteiger partial charge in [0, 0.05) is 5.56 Å². The van der Waals surface area contributed by atoms with Crippen molar-refractivity contribution in [1.29, 1.82) is 0 Å². The monoisotopic (exact) mass is 482 g/mol. The maximum atomic E-state index is 13.6. The highest BCUT2D eigenvalue weighted by Gasteiger charge is 2.29. The van der Waals surface area contributed by atoms with E-state index in [0.29, 0.717) is 17.2 Å². The third kappa shape index (κ3) is 5.51. The van der Waals surface area contributed by atoms with Crippen LogP contribution in [0.15, 0.2) is 71.6 Å². The summed E-state index contributed by atoms with van der Waals surface area (Å²) in [5.41, 5.74) is 2.94. The van der Waals surface area contributed by atoms with E-state index in [0.717, 1.165) is 21.0 Å². The van der Waals surface area contributed by atoms with Crippen LogP contribution in [0.4, 0.5) is 5.69 Å². The highest BCUT2D eigenvalue weighted by atomic mass is 32.2. The summed E-state index contributed by atoms with van der Waals surface area (Å²) in [5.74, 6) is 0.772. The van der Waals surface area contributed by atoms with Crippen molar-refractivity contribution in [2.75, 3.05) is 25.1 Å². The Kier molecular flexibility index (Phi) is 7.83. The zero-order chi connectivity index (χ0) is 24.9. The lowest BCUT2D eigenvalue weighted by Gasteiger charge is -2.27. The Morgan fingerprint density at radius 2 is 1.68 bits per heavy atom. The molecule has 0 aromatic heterocycles. The maximum absolute atomic E-state index is 13.6. The number of anilines is 1. The summed E-state index contributed by atoms with van der Waals surface area (Å²) in [6, 6.07) is 18.4. The molecule has 0 saturated heterocycles. The third-order valence-electron chi connectivity index (χ3n) is 5.52. The van der Waals surface area contributed by atoms with Gasteiger partial charge in [0.2, 0.25) is 5.91 Å². The number of sulfonamides is 1. The molecule has 8 heteroatoms. The zero-order valence-electron chi connectivity index (χ0n) is 20.0. The molecule has 7 nitrogen and oxygen atoms in total. The molecular weight excluding hydrogens is 452 g/mol. The van der Waals surface area contributed by atoms with Crippen LogP contribution in [0, 0.1) is 13.8 Å². The number of carbonyl (C=O) groups excluding carboxylic acids is 1. The number of carbonyl (C=O) groups is 1. The highest BCUT2D eigenvalue weighted by molar-refractivity contribution is 7.92. The molecule has 1 amide bonds. The van der Waals surface area contributed by atoms with Gasteiger partial charge in [0.25, 0.3) is 10.0 Å². The number of methoxy groups -OCH3 is 2. The van der Waals surface area contributed by atoms with Gasteiger partial charge in [-0.25, -0.2) is 8.42 Å². The molecule has 0 heterocycles. The number of benzene rings is 3. The number of nitrogens with one attached hydrogen (secondary N) is 1.